The molecule has 0 radical (unpaired) electrons. The molecule has 0 aromatic heterocycles. The largest absolute Gasteiger partial charge is 0.464 e. The predicted molar refractivity (Wildman–Crippen MR) is 44.3 cm³/mol. The van der Waals surface area contributed by atoms with E-state index in [0.29, 0.717) is 0 Å². The van der Waals surface area contributed by atoms with Gasteiger partial charge in [0.1, 0.15) is 0 Å². The number of hydrazone groups is 1. The van der Waals surface area contributed by atoms with Gasteiger partial charge in [-0.25, -0.2) is 15.0 Å². The molecule has 74 valence electrons. The van der Waals surface area contributed by atoms with Crippen LogP contribution in [-0.4, -0.2) is 36.0 Å². The summed E-state index contributed by atoms with van der Waals surface area (Å²) in [6, 6.07) is 0. The molecule has 0 aromatic carbocycles. The van der Waals surface area contributed by atoms with E-state index in [0.717, 1.165) is 0 Å². The van der Waals surface area contributed by atoms with E-state index in [2.05, 4.69) is 9.84 Å². The Kier molecular flexibility index (Phi) is 5.20. The van der Waals surface area contributed by atoms with E-state index in [1.165, 1.54) is 0 Å². The number of nitrogens with one attached hydrogen (secondary N) is 1. The van der Waals surface area contributed by atoms with E-state index in [4.69, 9.17) is 10.8 Å². The van der Waals surface area contributed by atoms with Crippen LogP contribution in [0.2, 0.25) is 0 Å². The van der Waals surface area contributed by atoms with Gasteiger partial charge in [-0.2, -0.15) is 5.10 Å². The summed E-state index contributed by atoms with van der Waals surface area (Å²) < 4.78 is 4.54. The number of carbonyl (C=O) groups excluding carboxylic acids is 1. The highest BCUT2D eigenvalue weighted by Crippen LogP contribution is 1.82. The average molecular weight is 189 g/mol. The Morgan fingerprint density at radius 1 is 1.62 bits per heavy atom. The van der Waals surface area contributed by atoms with Crippen LogP contribution in [0.15, 0.2) is 5.10 Å². The molecule has 0 heterocycles. The number of amides is 1. The highest BCUT2D eigenvalue weighted by atomic mass is 16.5. The molecule has 4 N–H and O–H groups in total. The fourth-order valence-electron chi connectivity index (χ4n) is 0.504. The van der Waals surface area contributed by atoms with Crippen LogP contribution in [0.25, 0.3) is 0 Å². The van der Waals surface area contributed by atoms with Gasteiger partial charge in [-0.15, -0.1) is 0 Å². The minimum Gasteiger partial charge on any atom is -0.464 e. The summed E-state index contributed by atoms with van der Waals surface area (Å²) >= 11 is 0. The van der Waals surface area contributed by atoms with Gasteiger partial charge < -0.3 is 15.6 Å². The molecule has 0 spiro atoms. The van der Waals surface area contributed by atoms with Gasteiger partial charge in [0.2, 0.25) is 0 Å². The molecule has 0 unspecified atom stereocenters. The van der Waals surface area contributed by atoms with Gasteiger partial charge in [0.15, 0.2) is 5.71 Å². The van der Waals surface area contributed by atoms with Gasteiger partial charge in [-0.05, 0) is 6.92 Å². The zero-order valence-corrected chi connectivity index (χ0v) is 7.11. The quantitative estimate of drug-likeness (QED) is 0.302. The molecule has 0 rings (SSSR count). The molecule has 1 amide bonds. The summed E-state index contributed by atoms with van der Waals surface area (Å²) in [5, 5.41) is 11.4. The predicted octanol–water partition coefficient (Wildman–Crippen LogP) is -0.868. The van der Waals surface area contributed by atoms with Crippen molar-refractivity contribution < 1.29 is 19.4 Å². The van der Waals surface area contributed by atoms with Crippen molar-refractivity contribution in [3.8, 4) is 0 Å². The van der Waals surface area contributed by atoms with Crippen LogP contribution in [0.5, 0.6) is 0 Å². The third-order valence-electron chi connectivity index (χ3n) is 0.991. The molecule has 7 heteroatoms. The first-order chi connectivity index (χ1) is 6.11. The number of nitrogens with zero attached hydrogens (tertiary/aromatic N) is 1. The number of carboxylic acid groups (broad SMARTS) is 1. The zero-order chi connectivity index (χ0) is 10.3. The van der Waals surface area contributed by atoms with Crippen LogP contribution in [0.3, 0.4) is 0 Å². The van der Waals surface area contributed by atoms with Gasteiger partial charge in [-0.3, -0.25) is 0 Å². The lowest BCUT2D eigenvalue weighted by atomic mass is 10.4. The molecule has 0 aliphatic carbocycles. The maximum absolute atomic E-state index is 10.9. The monoisotopic (exact) mass is 189 g/mol. The summed E-state index contributed by atoms with van der Waals surface area (Å²) in [6.45, 7) is 1.63. The molecule has 7 nitrogen and oxygen atoms in total. The fraction of sp³-hybridized carbons (Fsp3) is 0.500. The summed E-state index contributed by atoms with van der Waals surface area (Å²) in [6.07, 6.45) is -1.37. The van der Waals surface area contributed by atoms with Crippen LogP contribution >= 0.6 is 0 Å². The van der Waals surface area contributed by atoms with Crippen LogP contribution in [0, 0.1) is 0 Å². The number of carbonyl (C=O) groups is 2. The molecule has 13 heavy (non-hydrogen) atoms. The van der Waals surface area contributed by atoms with E-state index >= 15 is 0 Å². The summed E-state index contributed by atoms with van der Waals surface area (Å²) in [5.74, 6) is -0.723. The normalized spacial score (nSPS) is 10.8. The van der Waals surface area contributed by atoms with E-state index in [1.807, 2.05) is 0 Å². The van der Waals surface area contributed by atoms with Crippen LogP contribution in [0.1, 0.15) is 6.92 Å². The van der Waals surface area contributed by atoms with Gasteiger partial charge in [-0.1, -0.05) is 0 Å². The molecule has 0 aromatic rings. The van der Waals surface area contributed by atoms with Gasteiger partial charge in [0, 0.05) is 6.54 Å². The van der Waals surface area contributed by atoms with E-state index in [-0.39, 0.29) is 18.9 Å². The topological polar surface area (TPSA) is 114 Å². The Labute approximate surface area is 74.5 Å². The number of hydrogen-bond donors (Lipinski definition) is 3. The Morgan fingerprint density at radius 3 is 2.62 bits per heavy atom. The lowest BCUT2D eigenvalue weighted by Crippen LogP contribution is -2.29. The van der Waals surface area contributed by atoms with Crippen LogP contribution in [0.4, 0.5) is 4.79 Å². The molecular weight excluding hydrogens is 178 g/mol. The van der Waals surface area contributed by atoms with Crippen LogP contribution in [-0.2, 0) is 9.53 Å². The second-order valence-electron chi connectivity index (χ2n) is 1.90. The first-order valence-electron chi connectivity index (χ1n) is 3.54. The maximum Gasteiger partial charge on any atom is 0.425 e. The van der Waals surface area contributed by atoms with E-state index < -0.39 is 12.1 Å². The molecular formula is C6H11N3O4. The highest BCUT2D eigenvalue weighted by molar-refractivity contribution is 6.37. The minimum atomic E-state index is -1.37. The van der Waals surface area contributed by atoms with Gasteiger partial charge in [0.25, 0.3) is 0 Å². The van der Waals surface area contributed by atoms with E-state index in [9.17, 15) is 9.59 Å². The van der Waals surface area contributed by atoms with Crippen molar-refractivity contribution in [1.29, 1.82) is 0 Å². The summed E-state index contributed by atoms with van der Waals surface area (Å²) in [4.78, 5) is 20.9. The molecule has 0 saturated heterocycles. The fourth-order valence-corrected chi connectivity index (χ4v) is 0.504. The lowest BCUT2D eigenvalue weighted by Gasteiger charge is -2.02. The van der Waals surface area contributed by atoms with E-state index in [1.54, 1.807) is 12.3 Å². The van der Waals surface area contributed by atoms with Crippen molar-refractivity contribution in [2.45, 2.75) is 6.92 Å². The first kappa shape index (κ1) is 11.4. The average Bonchev–Trinajstić information content (AvgIpc) is 2.05. The van der Waals surface area contributed by atoms with Crippen molar-refractivity contribution in [3.05, 3.63) is 0 Å². The zero-order valence-electron chi connectivity index (χ0n) is 7.11. The number of hydrogen-bond acceptors (Lipinski definition) is 5. The van der Waals surface area contributed by atoms with Crippen LogP contribution < -0.4 is 11.2 Å². The van der Waals surface area contributed by atoms with Crippen molar-refractivity contribution in [1.82, 2.24) is 5.43 Å². The third-order valence-corrected chi connectivity index (χ3v) is 0.991. The standard InChI is InChI=1S/C6H11N3O4/c1-2-13-5(10)4(3-7)8-9-6(11)12/h9H,2-3,7H2,1H3,(H,11,12). The lowest BCUT2D eigenvalue weighted by molar-refractivity contribution is -0.135. The smallest absolute Gasteiger partial charge is 0.425 e. The second-order valence-corrected chi connectivity index (χ2v) is 1.90. The Balaban J connectivity index is 4.22. The second kappa shape index (κ2) is 5.95. The molecule has 0 atom stereocenters. The Morgan fingerprint density at radius 2 is 2.23 bits per heavy atom. The SMILES string of the molecule is CCOC(=O)C(CN)=NNC(=O)O. The highest BCUT2D eigenvalue weighted by Gasteiger charge is 2.10. The van der Waals surface area contributed by atoms with Crippen molar-refractivity contribution in [2.75, 3.05) is 13.2 Å². The summed E-state index contributed by atoms with van der Waals surface area (Å²) in [5.41, 5.74) is 6.62. The van der Waals surface area contributed by atoms with Crippen molar-refractivity contribution in [2.24, 2.45) is 10.8 Å². The minimum absolute atomic E-state index is 0.163. The number of ether oxygens (including phenoxy) is 1. The molecule has 0 aliphatic rings. The first-order valence-corrected chi connectivity index (χ1v) is 3.54. The maximum atomic E-state index is 10.9. The number of esters is 1. The molecule has 0 bridgehead atoms. The third kappa shape index (κ3) is 4.75. The number of nitrogens with two attached hydrogens (primary N) is 1. The Bertz CT molecular complexity index is 226. The molecule has 0 saturated carbocycles. The molecule has 0 fully saturated rings. The van der Waals surface area contributed by atoms with Crippen molar-refractivity contribution >= 4 is 17.8 Å². The van der Waals surface area contributed by atoms with Gasteiger partial charge >= 0.3 is 12.1 Å². The van der Waals surface area contributed by atoms with Crippen molar-refractivity contribution in [3.63, 3.8) is 0 Å². The Hall–Kier alpha value is -1.63. The number of rotatable bonds is 4. The van der Waals surface area contributed by atoms with Gasteiger partial charge in [0.05, 0.1) is 6.61 Å². The summed E-state index contributed by atoms with van der Waals surface area (Å²) in [7, 11) is 0. The molecule has 0 aliphatic heterocycles.